The molecule has 1 fully saturated rings. The molecule has 0 bridgehead atoms. The van der Waals surface area contributed by atoms with E-state index in [0.29, 0.717) is 6.54 Å². The van der Waals surface area contributed by atoms with Crippen molar-refractivity contribution in [2.45, 2.75) is 45.1 Å². The van der Waals surface area contributed by atoms with Gasteiger partial charge in [-0.15, -0.1) is 0 Å². The molecule has 7 heteroatoms. The van der Waals surface area contributed by atoms with Gasteiger partial charge in [-0.25, -0.2) is 4.72 Å². The third-order valence-electron chi connectivity index (χ3n) is 3.54. The maximum atomic E-state index is 11.7. The maximum Gasteiger partial charge on any atom is 0.278 e. The molecule has 0 aromatic rings. The minimum atomic E-state index is -3.40. The van der Waals surface area contributed by atoms with Crippen molar-refractivity contribution in [1.29, 1.82) is 0 Å². The lowest BCUT2D eigenvalue weighted by Gasteiger charge is -2.33. The van der Waals surface area contributed by atoms with Gasteiger partial charge >= 0.3 is 0 Å². The van der Waals surface area contributed by atoms with Crippen molar-refractivity contribution in [1.82, 2.24) is 13.9 Å². The first-order chi connectivity index (χ1) is 8.84. The molecule has 0 aromatic carbocycles. The molecule has 1 N–H and O–H groups in total. The van der Waals surface area contributed by atoms with Crippen molar-refractivity contribution < 1.29 is 13.2 Å². The molecule has 1 amide bonds. The van der Waals surface area contributed by atoms with Crippen molar-refractivity contribution in [3.05, 3.63) is 0 Å². The van der Waals surface area contributed by atoms with Crippen LogP contribution >= 0.6 is 0 Å². The quantitative estimate of drug-likeness (QED) is 0.777. The third-order valence-corrected chi connectivity index (χ3v) is 5.07. The van der Waals surface area contributed by atoms with Crippen molar-refractivity contribution in [3.63, 3.8) is 0 Å². The number of nitrogens with zero attached hydrogens (tertiary/aromatic N) is 2. The highest BCUT2D eigenvalue weighted by Gasteiger charge is 2.23. The fraction of sp³-hybridized carbons (Fsp3) is 0.917. The predicted molar refractivity (Wildman–Crippen MR) is 74.9 cm³/mol. The van der Waals surface area contributed by atoms with E-state index in [4.69, 9.17) is 0 Å². The zero-order valence-corrected chi connectivity index (χ0v) is 12.9. The van der Waals surface area contributed by atoms with Gasteiger partial charge in [0, 0.05) is 40.2 Å². The van der Waals surface area contributed by atoms with E-state index in [1.807, 2.05) is 0 Å². The monoisotopic (exact) mass is 291 g/mol. The van der Waals surface area contributed by atoms with Gasteiger partial charge in [-0.1, -0.05) is 19.3 Å². The first-order valence-corrected chi connectivity index (χ1v) is 8.23. The summed E-state index contributed by atoms with van der Waals surface area (Å²) in [5.74, 6) is 0.0240. The van der Waals surface area contributed by atoms with E-state index in [1.54, 1.807) is 11.8 Å². The molecule has 0 atom stereocenters. The molecule has 0 spiro atoms. The fourth-order valence-corrected chi connectivity index (χ4v) is 3.02. The summed E-state index contributed by atoms with van der Waals surface area (Å²) in [7, 11) is -0.448. The highest BCUT2D eigenvalue weighted by molar-refractivity contribution is 7.87. The Balaban J connectivity index is 2.49. The second-order valence-electron chi connectivity index (χ2n) is 5.19. The van der Waals surface area contributed by atoms with Crippen LogP contribution in [-0.4, -0.2) is 56.8 Å². The summed E-state index contributed by atoms with van der Waals surface area (Å²) in [5, 5.41) is 0. The Morgan fingerprint density at radius 3 is 2.26 bits per heavy atom. The Labute approximate surface area is 116 Å². The molecule has 0 unspecified atom stereocenters. The first-order valence-electron chi connectivity index (χ1n) is 6.79. The van der Waals surface area contributed by atoms with Crippen molar-refractivity contribution in [2.75, 3.05) is 27.2 Å². The molecule has 1 aliphatic rings. The van der Waals surface area contributed by atoms with Crippen molar-refractivity contribution in [2.24, 2.45) is 0 Å². The summed E-state index contributed by atoms with van der Waals surface area (Å²) < 4.78 is 26.8. The summed E-state index contributed by atoms with van der Waals surface area (Å²) in [6.45, 7) is 2.25. The Morgan fingerprint density at radius 2 is 1.79 bits per heavy atom. The lowest BCUT2D eigenvalue weighted by Crippen LogP contribution is -2.46. The van der Waals surface area contributed by atoms with E-state index in [-0.39, 0.29) is 18.5 Å². The molecular weight excluding hydrogens is 266 g/mol. The second-order valence-corrected chi connectivity index (χ2v) is 7.16. The summed E-state index contributed by atoms with van der Waals surface area (Å²) in [6, 6.07) is 0.273. The zero-order valence-electron chi connectivity index (χ0n) is 12.1. The number of hydrogen-bond donors (Lipinski definition) is 1. The van der Waals surface area contributed by atoms with Gasteiger partial charge < -0.3 is 4.90 Å². The summed E-state index contributed by atoms with van der Waals surface area (Å²) in [4.78, 5) is 13.5. The van der Waals surface area contributed by atoms with Crippen LogP contribution in [0.3, 0.4) is 0 Å². The van der Waals surface area contributed by atoms with Crippen molar-refractivity contribution in [3.8, 4) is 0 Å². The van der Waals surface area contributed by atoms with Crippen molar-refractivity contribution >= 4 is 16.1 Å². The van der Waals surface area contributed by atoms with Gasteiger partial charge in [0.15, 0.2) is 0 Å². The van der Waals surface area contributed by atoms with Gasteiger partial charge in [0.2, 0.25) is 5.91 Å². The standard InChI is InChI=1S/C12H25N3O3S/c1-11(16)15(12-7-5-4-6-8-12)10-9-13-19(17,18)14(2)3/h12-13H,4-10H2,1-3H3. The van der Waals surface area contributed by atoms with Crippen LogP contribution in [0.1, 0.15) is 39.0 Å². The topological polar surface area (TPSA) is 69.7 Å². The lowest BCUT2D eigenvalue weighted by molar-refractivity contribution is -0.131. The predicted octanol–water partition coefficient (Wildman–Crippen LogP) is 0.564. The zero-order chi connectivity index (χ0) is 14.5. The van der Waals surface area contributed by atoms with Crippen LogP contribution < -0.4 is 4.72 Å². The smallest absolute Gasteiger partial charge is 0.278 e. The van der Waals surface area contributed by atoms with Crippen LogP contribution in [0, 0.1) is 0 Å². The van der Waals surface area contributed by atoms with Gasteiger partial charge in [-0.05, 0) is 12.8 Å². The summed E-state index contributed by atoms with van der Waals surface area (Å²) in [5.41, 5.74) is 0. The molecular formula is C12H25N3O3S. The largest absolute Gasteiger partial charge is 0.339 e. The number of amides is 1. The Bertz CT molecular complexity index is 389. The molecule has 6 nitrogen and oxygen atoms in total. The molecule has 19 heavy (non-hydrogen) atoms. The van der Waals surface area contributed by atoms with Gasteiger partial charge in [0.1, 0.15) is 0 Å². The number of carbonyl (C=O) groups is 1. The van der Waals surface area contributed by atoms with E-state index in [1.165, 1.54) is 20.5 Å². The Hall–Kier alpha value is -0.660. The summed E-state index contributed by atoms with van der Waals surface area (Å²) in [6.07, 6.45) is 5.59. The maximum absolute atomic E-state index is 11.7. The van der Waals surface area contributed by atoms with Crippen LogP contribution in [0.2, 0.25) is 0 Å². The van der Waals surface area contributed by atoms with Crippen LogP contribution in [0.4, 0.5) is 0 Å². The fourth-order valence-electron chi connectivity index (χ4n) is 2.41. The third kappa shape index (κ3) is 5.08. The highest BCUT2D eigenvalue weighted by atomic mass is 32.2. The Morgan fingerprint density at radius 1 is 1.21 bits per heavy atom. The van der Waals surface area contributed by atoms with E-state index in [9.17, 15) is 13.2 Å². The van der Waals surface area contributed by atoms with E-state index in [0.717, 1.165) is 30.0 Å². The lowest BCUT2D eigenvalue weighted by atomic mass is 9.94. The van der Waals surface area contributed by atoms with Gasteiger partial charge in [0.25, 0.3) is 10.2 Å². The van der Waals surface area contributed by atoms with Gasteiger partial charge in [-0.3, -0.25) is 4.79 Å². The molecule has 112 valence electrons. The van der Waals surface area contributed by atoms with Crippen LogP contribution in [0.15, 0.2) is 0 Å². The Kier molecular flexibility index (Phi) is 6.22. The first kappa shape index (κ1) is 16.4. The van der Waals surface area contributed by atoms with Crippen LogP contribution in [0.25, 0.3) is 0 Å². The molecule has 0 heterocycles. The van der Waals surface area contributed by atoms with E-state index >= 15 is 0 Å². The normalized spacial score (nSPS) is 17.7. The van der Waals surface area contributed by atoms with Gasteiger partial charge in [-0.2, -0.15) is 12.7 Å². The average Bonchev–Trinajstić information content (AvgIpc) is 2.35. The molecule has 0 aromatic heterocycles. The van der Waals surface area contributed by atoms with Gasteiger partial charge in [0.05, 0.1) is 0 Å². The average molecular weight is 291 g/mol. The number of carbonyl (C=O) groups excluding carboxylic acids is 1. The second kappa shape index (κ2) is 7.21. The van der Waals surface area contributed by atoms with Crippen LogP contribution in [-0.2, 0) is 15.0 Å². The molecule has 0 aliphatic heterocycles. The van der Waals surface area contributed by atoms with E-state index in [2.05, 4.69) is 4.72 Å². The number of nitrogens with one attached hydrogen (secondary N) is 1. The molecule has 0 saturated heterocycles. The number of hydrogen-bond acceptors (Lipinski definition) is 3. The minimum Gasteiger partial charge on any atom is -0.339 e. The number of rotatable bonds is 6. The van der Waals surface area contributed by atoms with E-state index < -0.39 is 10.2 Å². The SMILES string of the molecule is CC(=O)N(CCNS(=O)(=O)N(C)C)C1CCCCC1. The minimum absolute atomic E-state index is 0.0240. The highest BCUT2D eigenvalue weighted by Crippen LogP contribution is 2.22. The summed E-state index contributed by atoms with van der Waals surface area (Å²) >= 11 is 0. The molecule has 0 radical (unpaired) electrons. The van der Waals surface area contributed by atoms with Crippen LogP contribution in [0.5, 0.6) is 0 Å². The molecule has 1 saturated carbocycles. The molecule has 1 aliphatic carbocycles. The molecule has 1 rings (SSSR count).